The quantitative estimate of drug-likeness (QED) is 0.447. The van der Waals surface area contributed by atoms with Gasteiger partial charge in [0.1, 0.15) is 0 Å². The van der Waals surface area contributed by atoms with Crippen LogP contribution in [0.5, 0.6) is 0 Å². The van der Waals surface area contributed by atoms with Crippen LogP contribution in [0.2, 0.25) is 0 Å². The molecule has 2 amide bonds. The number of nitrogens with zero attached hydrogens (tertiary/aromatic N) is 1. The number of carbonyl (C=O) groups excluding carboxylic acids is 3. The van der Waals surface area contributed by atoms with Gasteiger partial charge in [-0.15, -0.1) is 5.06 Å². The maximum Gasteiger partial charge on any atom is 0.335 e. The van der Waals surface area contributed by atoms with Gasteiger partial charge in [0, 0.05) is 12.8 Å². The van der Waals surface area contributed by atoms with Crippen LogP contribution < -0.4 is 0 Å². The van der Waals surface area contributed by atoms with Crippen molar-refractivity contribution in [1.82, 2.24) is 5.06 Å². The molecule has 2 aliphatic rings. The van der Waals surface area contributed by atoms with E-state index in [9.17, 15) is 14.4 Å². The van der Waals surface area contributed by atoms with Gasteiger partial charge in [-0.25, -0.2) is 4.79 Å². The number of hydroxylamine groups is 2. The van der Waals surface area contributed by atoms with E-state index >= 15 is 0 Å². The summed E-state index contributed by atoms with van der Waals surface area (Å²) in [6.45, 7) is 0.539. The molecule has 2 aliphatic heterocycles. The van der Waals surface area contributed by atoms with E-state index in [-0.39, 0.29) is 25.4 Å². The molecule has 0 spiro atoms. The third kappa shape index (κ3) is 1.90. The van der Waals surface area contributed by atoms with Gasteiger partial charge in [0.2, 0.25) is 0 Å². The Morgan fingerprint density at radius 3 is 2.50 bits per heavy atom. The Morgan fingerprint density at radius 2 is 2.00 bits per heavy atom. The summed E-state index contributed by atoms with van der Waals surface area (Å²) < 4.78 is 4.81. The van der Waals surface area contributed by atoms with E-state index in [2.05, 4.69) is 4.84 Å². The van der Waals surface area contributed by atoms with Gasteiger partial charge in [0.05, 0.1) is 19.1 Å². The van der Waals surface area contributed by atoms with Crippen LogP contribution in [-0.4, -0.2) is 35.6 Å². The van der Waals surface area contributed by atoms with Crippen molar-refractivity contribution in [3.63, 3.8) is 0 Å². The molecule has 0 N–H and O–H groups in total. The molecule has 0 saturated carbocycles. The van der Waals surface area contributed by atoms with Gasteiger partial charge in [-0.3, -0.25) is 9.59 Å². The van der Waals surface area contributed by atoms with E-state index in [4.69, 9.17) is 4.74 Å². The second kappa shape index (κ2) is 3.38. The van der Waals surface area contributed by atoms with E-state index in [0.29, 0.717) is 11.7 Å². The number of imide groups is 1. The standard InChI is InChI=1S/C8H9NO5/c10-6-1-2-7(11)9(6)14-8(12)3-5-4-13-5/h5H,1-4H2. The maximum atomic E-state index is 11.1. The average Bonchev–Trinajstić information content (AvgIpc) is 2.88. The zero-order valence-electron chi connectivity index (χ0n) is 7.39. The number of amides is 2. The molecule has 2 rings (SSSR count). The summed E-state index contributed by atoms with van der Waals surface area (Å²) in [6, 6.07) is 0. The first kappa shape index (κ1) is 9.14. The molecule has 0 aromatic rings. The van der Waals surface area contributed by atoms with Crippen molar-refractivity contribution in [1.29, 1.82) is 0 Å². The number of epoxide rings is 1. The molecule has 6 heteroatoms. The van der Waals surface area contributed by atoms with Crippen molar-refractivity contribution in [3.8, 4) is 0 Å². The highest BCUT2D eigenvalue weighted by Gasteiger charge is 2.34. The van der Waals surface area contributed by atoms with Crippen molar-refractivity contribution in [3.05, 3.63) is 0 Å². The molecule has 76 valence electrons. The monoisotopic (exact) mass is 199 g/mol. The van der Waals surface area contributed by atoms with E-state index in [0.717, 1.165) is 0 Å². The maximum absolute atomic E-state index is 11.1. The van der Waals surface area contributed by atoms with Gasteiger partial charge in [-0.1, -0.05) is 0 Å². The van der Waals surface area contributed by atoms with E-state index < -0.39 is 17.8 Å². The van der Waals surface area contributed by atoms with Crippen molar-refractivity contribution >= 4 is 17.8 Å². The fraction of sp³-hybridized carbons (Fsp3) is 0.625. The Hall–Kier alpha value is -1.43. The van der Waals surface area contributed by atoms with Crippen molar-refractivity contribution in [2.45, 2.75) is 25.4 Å². The third-order valence-corrected chi connectivity index (χ3v) is 2.00. The second-order valence-corrected chi connectivity index (χ2v) is 3.20. The molecule has 0 aromatic carbocycles. The summed E-state index contributed by atoms with van der Waals surface area (Å²) >= 11 is 0. The number of carbonyl (C=O) groups is 3. The first-order valence-electron chi connectivity index (χ1n) is 4.35. The minimum absolute atomic E-state index is 0.0943. The molecular weight excluding hydrogens is 190 g/mol. The average molecular weight is 199 g/mol. The molecule has 1 unspecified atom stereocenters. The highest BCUT2D eigenvalue weighted by molar-refractivity contribution is 6.01. The Balaban J connectivity index is 1.85. The van der Waals surface area contributed by atoms with Crippen molar-refractivity contribution in [2.75, 3.05) is 6.61 Å². The summed E-state index contributed by atoms with van der Waals surface area (Å²) in [6.07, 6.45) is 0.227. The van der Waals surface area contributed by atoms with Crippen LogP contribution in [-0.2, 0) is 24.0 Å². The fourth-order valence-electron chi connectivity index (χ4n) is 1.17. The van der Waals surface area contributed by atoms with Gasteiger partial charge >= 0.3 is 5.97 Å². The van der Waals surface area contributed by atoms with Crippen molar-refractivity contribution < 1.29 is 24.0 Å². The largest absolute Gasteiger partial charge is 0.373 e. The second-order valence-electron chi connectivity index (χ2n) is 3.20. The Kier molecular flexibility index (Phi) is 2.20. The van der Waals surface area contributed by atoms with Crippen LogP contribution in [0.15, 0.2) is 0 Å². The summed E-state index contributed by atoms with van der Waals surface area (Å²) in [5, 5.41) is 0.546. The first-order valence-corrected chi connectivity index (χ1v) is 4.35. The lowest BCUT2D eigenvalue weighted by Crippen LogP contribution is -2.32. The predicted molar refractivity (Wildman–Crippen MR) is 41.5 cm³/mol. The zero-order valence-corrected chi connectivity index (χ0v) is 7.39. The van der Waals surface area contributed by atoms with Crippen LogP contribution >= 0.6 is 0 Å². The third-order valence-electron chi connectivity index (χ3n) is 2.00. The summed E-state index contributed by atoms with van der Waals surface area (Å²) in [4.78, 5) is 37.7. The van der Waals surface area contributed by atoms with Crippen LogP contribution in [0, 0.1) is 0 Å². The molecular formula is C8H9NO5. The van der Waals surface area contributed by atoms with E-state index in [1.807, 2.05) is 0 Å². The highest BCUT2D eigenvalue weighted by Crippen LogP contribution is 2.17. The molecule has 2 saturated heterocycles. The molecule has 1 atom stereocenters. The van der Waals surface area contributed by atoms with Gasteiger partial charge < -0.3 is 9.57 Å². The van der Waals surface area contributed by atoms with Gasteiger partial charge in [0.15, 0.2) is 0 Å². The zero-order chi connectivity index (χ0) is 10.1. The van der Waals surface area contributed by atoms with Gasteiger partial charge in [-0.2, -0.15) is 0 Å². The molecule has 14 heavy (non-hydrogen) atoms. The topological polar surface area (TPSA) is 76.2 Å². The lowest BCUT2D eigenvalue weighted by atomic mass is 10.3. The fourth-order valence-corrected chi connectivity index (χ4v) is 1.17. The summed E-state index contributed by atoms with van der Waals surface area (Å²) in [5.41, 5.74) is 0. The lowest BCUT2D eigenvalue weighted by molar-refractivity contribution is -0.197. The lowest BCUT2D eigenvalue weighted by Gasteiger charge is -2.11. The molecule has 2 fully saturated rings. The predicted octanol–water partition coefficient (Wildman–Crippen LogP) is -0.618. The van der Waals surface area contributed by atoms with Crippen LogP contribution in [0.1, 0.15) is 19.3 Å². The molecule has 6 nitrogen and oxygen atoms in total. The molecule has 0 aliphatic carbocycles. The number of hydrogen-bond donors (Lipinski definition) is 0. The Bertz CT molecular complexity index is 280. The molecule has 0 bridgehead atoms. The van der Waals surface area contributed by atoms with Gasteiger partial charge in [-0.05, 0) is 0 Å². The molecule has 2 heterocycles. The first-order chi connectivity index (χ1) is 6.66. The van der Waals surface area contributed by atoms with Crippen LogP contribution in [0.3, 0.4) is 0 Å². The van der Waals surface area contributed by atoms with E-state index in [1.54, 1.807) is 0 Å². The minimum Gasteiger partial charge on any atom is -0.373 e. The SMILES string of the molecule is O=C(CC1CO1)ON1C(=O)CCC1=O. The molecule has 0 aromatic heterocycles. The summed E-state index contributed by atoms with van der Waals surface area (Å²) in [5.74, 6) is -1.52. The number of ether oxygens (including phenoxy) is 1. The van der Waals surface area contributed by atoms with Crippen LogP contribution in [0.25, 0.3) is 0 Å². The van der Waals surface area contributed by atoms with E-state index in [1.165, 1.54) is 0 Å². The van der Waals surface area contributed by atoms with Crippen molar-refractivity contribution in [2.24, 2.45) is 0 Å². The van der Waals surface area contributed by atoms with Gasteiger partial charge in [0.25, 0.3) is 11.8 Å². The number of hydrogen-bond acceptors (Lipinski definition) is 5. The van der Waals surface area contributed by atoms with Crippen LogP contribution in [0.4, 0.5) is 0 Å². The Morgan fingerprint density at radius 1 is 1.43 bits per heavy atom. The molecule has 0 radical (unpaired) electrons. The number of rotatable bonds is 3. The normalized spacial score (nSPS) is 25.4. The minimum atomic E-state index is -0.601. The summed E-state index contributed by atoms with van der Waals surface area (Å²) in [7, 11) is 0. The Labute approximate surface area is 79.7 Å². The highest BCUT2D eigenvalue weighted by atomic mass is 16.7. The smallest absolute Gasteiger partial charge is 0.335 e.